The summed E-state index contributed by atoms with van der Waals surface area (Å²) in [6.45, 7) is 2.87. The molecule has 5 rings (SSSR count). The molecule has 0 saturated carbocycles. The molecule has 0 bridgehead atoms. The first kappa shape index (κ1) is 19.2. The Kier molecular flexibility index (Phi) is 4.78. The molecule has 3 aromatic rings. The molecule has 2 amide bonds. The lowest BCUT2D eigenvalue weighted by Crippen LogP contribution is -2.63. The van der Waals surface area contributed by atoms with Crippen LogP contribution in [0.1, 0.15) is 42.6 Å². The minimum Gasteiger partial charge on any atom is -0.356 e. The fraction of sp³-hybridized carbons (Fsp3) is 0.333. The number of H-pyrrole nitrogens is 1. The Labute approximate surface area is 180 Å². The van der Waals surface area contributed by atoms with Crippen LogP contribution in [0, 0.1) is 0 Å². The Hall–Kier alpha value is -2.79. The average molecular weight is 422 g/mol. The highest BCUT2D eigenvalue weighted by atomic mass is 35.5. The molecule has 154 valence electrons. The quantitative estimate of drug-likeness (QED) is 0.682. The molecule has 0 spiro atoms. The molecule has 1 N–H and O–H groups in total. The van der Waals surface area contributed by atoms with Gasteiger partial charge in [0.1, 0.15) is 6.04 Å². The maximum absolute atomic E-state index is 13.4. The standard InChI is InChI=1S/C24H24ClN3O2/c1-2-3-11-27-14-21(29)28-20(24(27)30)13-18-17-9-4-5-10-19(17)26-22(18)23(28)15-7-6-8-16(25)12-15/h4-10,12,20,23,26H,2-3,11,13-14H2,1H3/t20-,23?/m0/s1. The molecule has 2 aliphatic rings. The van der Waals surface area contributed by atoms with Crippen molar-refractivity contribution in [3.05, 3.63) is 70.4 Å². The van der Waals surface area contributed by atoms with E-state index < -0.39 is 6.04 Å². The predicted octanol–water partition coefficient (Wildman–Crippen LogP) is 4.31. The molecule has 2 aliphatic heterocycles. The summed E-state index contributed by atoms with van der Waals surface area (Å²) >= 11 is 6.30. The Bertz CT molecular complexity index is 1140. The van der Waals surface area contributed by atoms with Crippen molar-refractivity contribution in [3.63, 3.8) is 0 Å². The fourth-order valence-electron chi connectivity index (χ4n) is 4.88. The zero-order valence-electron chi connectivity index (χ0n) is 16.9. The maximum Gasteiger partial charge on any atom is 0.246 e. The monoisotopic (exact) mass is 421 g/mol. The molecule has 2 atom stereocenters. The lowest BCUT2D eigenvalue weighted by molar-refractivity contribution is -0.158. The van der Waals surface area contributed by atoms with Gasteiger partial charge in [0.15, 0.2) is 0 Å². The van der Waals surface area contributed by atoms with Crippen LogP contribution < -0.4 is 0 Å². The summed E-state index contributed by atoms with van der Waals surface area (Å²) in [5, 5.41) is 1.73. The van der Waals surface area contributed by atoms with Crippen LogP contribution in [0.3, 0.4) is 0 Å². The van der Waals surface area contributed by atoms with E-state index in [1.807, 2.05) is 42.5 Å². The van der Waals surface area contributed by atoms with Gasteiger partial charge in [-0.1, -0.05) is 55.3 Å². The number of nitrogens with zero attached hydrogens (tertiary/aromatic N) is 2. The van der Waals surface area contributed by atoms with Crippen molar-refractivity contribution in [1.29, 1.82) is 0 Å². The molecule has 1 aromatic heterocycles. The Morgan fingerprint density at radius 2 is 1.97 bits per heavy atom. The molecule has 1 saturated heterocycles. The zero-order valence-corrected chi connectivity index (χ0v) is 17.7. The maximum atomic E-state index is 13.4. The number of hydrogen-bond acceptors (Lipinski definition) is 2. The third-order valence-electron chi connectivity index (χ3n) is 6.29. The number of carbonyl (C=O) groups is 2. The smallest absolute Gasteiger partial charge is 0.246 e. The fourth-order valence-corrected chi connectivity index (χ4v) is 5.08. The first-order valence-corrected chi connectivity index (χ1v) is 10.9. The average Bonchev–Trinajstić information content (AvgIpc) is 3.12. The van der Waals surface area contributed by atoms with Crippen molar-refractivity contribution < 1.29 is 9.59 Å². The van der Waals surface area contributed by atoms with E-state index in [1.54, 1.807) is 9.80 Å². The third kappa shape index (κ3) is 3.00. The normalized spacial score (nSPS) is 21.1. The number of hydrogen-bond donors (Lipinski definition) is 1. The summed E-state index contributed by atoms with van der Waals surface area (Å²) in [7, 11) is 0. The molecular weight excluding hydrogens is 398 g/mol. The second-order valence-corrected chi connectivity index (χ2v) is 8.59. The van der Waals surface area contributed by atoms with E-state index in [0.29, 0.717) is 18.0 Å². The summed E-state index contributed by atoms with van der Waals surface area (Å²) in [5.41, 5.74) is 4.05. The van der Waals surface area contributed by atoms with Crippen LogP contribution in [0.2, 0.25) is 5.02 Å². The van der Waals surface area contributed by atoms with Crippen LogP contribution in [0.4, 0.5) is 0 Å². The van der Waals surface area contributed by atoms with E-state index >= 15 is 0 Å². The van der Waals surface area contributed by atoms with Gasteiger partial charge in [-0.2, -0.15) is 0 Å². The van der Waals surface area contributed by atoms with Crippen LogP contribution in [0.25, 0.3) is 10.9 Å². The van der Waals surface area contributed by atoms with Gasteiger partial charge in [-0.25, -0.2) is 0 Å². The van der Waals surface area contributed by atoms with Gasteiger partial charge in [-0.3, -0.25) is 9.59 Å². The van der Waals surface area contributed by atoms with Gasteiger partial charge in [0.25, 0.3) is 0 Å². The number of carbonyl (C=O) groups excluding carboxylic acids is 2. The van der Waals surface area contributed by atoms with Crippen LogP contribution in [-0.2, 0) is 16.0 Å². The number of rotatable bonds is 4. The lowest BCUT2D eigenvalue weighted by Gasteiger charge is -2.47. The molecule has 0 aliphatic carbocycles. The summed E-state index contributed by atoms with van der Waals surface area (Å²) < 4.78 is 0. The van der Waals surface area contributed by atoms with Gasteiger partial charge in [-0.05, 0) is 35.7 Å². The second-order valence-electron chi connectivity index (χ2n) is 8.15. The highest BCUT2D eigenvalue weighted by molar-refractivity contribution is 6.30. The minimum absolute atomic E-state index is 0.00927. The number of fused-ring (bicyclic) bond motifs is 4. The largest absolute Gasteiger partial charge is 0.356 e. The number of para-hydroxylation sites is 1. The van der Waals surface area contributed by atoms with E-state index in [-0.39, 0.29) is 24.4 Å². The van der Waals surface area contributed by atoms with Crippen molar-refractivity contribution in [2.75, 3.05) is 13.1 Å². The number of unbranched alkanes of at least 4 members (excludes halogenated alkanes) is 1. The van der Waals surface area contributed by atoms with Gasteiger partial charge in [0.05, 0.1) is 12.6 Å². The van der Waals surface area contributed by atoms with Gasteiger partial charge in [-0.15, -0.1) is 0 Å². The first-order chi connectivity index (χ1) is 14.6. The predicted molar refractivity (Wildman–Crippen MR) is 117 cm³/mol. The highest BCUT2D eigenvalue weighted by Crippen LogP contribution is 2.42. The number of benzene rings is 2. The van der Waals surface area contributed by atoms with Crippen molar-refractivity contribution in [1.82, 2.24) is 14.8 Å². The molecule has 1 fully saturated rings. The Morgan fingerprint density at radius 3 is 2.77 bits per heavy atom. The second kappa shape index (κ2) is 7.47. The number of aromatic nitrogens is 1. The van der Waals surface area contributed by atoms with Crippen LogP contribution in [-0.4, -0.2) is 45.7 Å². The molecular formula is C24H24ClN3O2. The number of aromatic amines is 1. The molecule has 3 heterocycles. The van der Waals surface area contributed by atoms with Crippen LogP contribution >= 0.6 is 11.6 Å². The summed E-state index contributed by atoms with van der Waals surface area (Å²) in [5.74, 6) is 0.0380. The first-order valence-electron chi connectivity index (χ1n) is 10.5. The van der Waals surface area contributed by atoms with Gasteiger partial charge >= 0.3 is 0 Å². The highest BCUT2D eigenvalue weighted by Gasteiger charge is 2.48. The zero-order chi connectivity index (χ0) is 20.8. The number of piperazine rings is 1. The van der Waals surface area contributed by atoms with Crippen molar-refractivity contribution >= 4 is 34.3 Å². The van der Waals surface area contributed by atoms with E-state index in [1.165, 1.54) is 0 Å². The van der Waals surface area contributed by atoms with Gasteiger partial charge in [0, 0.05) is 34.6 Å². The van der Waals surface area contributed by atoms with Crippen LogP contribution in [0.15, 0.2) is 48.5 Å². The summed E-state index contributed by atoms with van der Waals surface area (Å²) in [6.07, 6.45) is 2.43. The molecule has 6 heteroatoms. The Balaban J connectivity index is 1.67. The lowest BCUT2D eigenvalue weighted by atomic mass is 9.86. The van der Waals surface area contributed by atoms with Crippen molar-refractivity contribution in [2.24, 2.45) is 0 Å². The molecule has 0 radical (unpaired) electrons. The molecule has 2 aromatic carbocycles. The van der Waals surface area contributed by atoms with Crippen molar-refractivity contribution in [2.45, 2.75) is 38.3 Å². The van der Waals surface area contributed by atoms with Gasteiger partial charge < -0.3 is 14.8 Å². The van der Waals surface area contributed by atoms with E-state index in [4.69, 9.17) is 11.6 Å². The topological polar surface area (TPSA) is 56.4 Å². The third-order valence-corrected chi connectivity index (χ3v) is 6.52. The summed E-state index contributed by atoms with van der Waals surface area (Å²) in [4.78, 5) is 33.8. The van der Waals surface area contributed by atoms with Crippen LogP contribution in [0.5, 0.6) is 0 Å². The van der Waals surface area contributed by atoms with E-state index in [2.05, 4.69) is 18.0 Å². The number of amides is 2. The minimum atomic E-state index is -0.487. The Morgan fingerprint density at radius 1 is 1.13 bits per heavy atom. The van der Waals surface area contributed by atoms with E-state index in [9.17, 15) is 9.59 Å². The number of nitrogens with one attached hydrogen (secondary N) is 1. The molecule has 1 unspecified atom stereocenters. The molecule has 5 nitrogen and oxygen atoms in total. The van der Waals surface area contributed by atoms with Crippen molar-refractivity contribution in [3.8, 4) is 0 Å². The molecule has 30 heavy (non-hydrogen) atoms. The number of halogens is 1. The SMILES string of the molecule is CCCCN1CC(=O)N2C(c3cccc(Cl)c3)c3[nH]c4ccccc4c3C[C@H]2C1=O. The van der Waals surface area contributed by atoms with E-state index in [0.717, 1.165) is 40.6 Å². The van der Waals surface area contributed by atoms with Gasteiger partial charge in [0.2, 0.25) is 11.8 Å². The summed E-state index contributed by atoms with van der Waals surface area (Å²) in [6, 6.07) is 14.9.